The quantitative estimate of drug-likeness (QED) is 0.707. The van der Waals surface area contributed by atoms with Gasteiger partial charge in [0.2, 0.25) is 0 Å². The molecule has 0 spiro atoms. The Hall–Kier alpha value is -2.65. The van der Waals surface area contributed by atoms with Crippen LogP contribution in [0.25, 0.3) is 0 Å². The van der Waals surface area contributed by atoms with E-state index >= 15 is 0 Å². The summed E-state index contributed by atoms with van der Waals surface area (Å²) in [7, 11) is 0. The van der Waals surface area contributed by atoms with Crippen LogP contribution in [-0.4, -0.2) is 4.98 Å². The fourth-order valence-corrected chi connectivity index (χ4v) is 2.49. The number of ether oxygens (including phenoxy) is 1. The molecule has 0 amide bonds. The van der Waals surface area contributed by atoms with Crippen molar-refractivity contribution >= 4 is 0 Å². The van der Waals surface area contributed by atoms with Crippen molar-refractivity contribution in [1.82, 2.24) is 10.3 Å². The van der Waals surface area contributed by atoms with Crippen LogP contribution in [0.1, 0.15) is 22.3 Å². The number of aromatic nitrogens is 1. The first-order chi connectivity index (χ1) is 11.8. The highest BCUT2D eigenvalue weighted by Gasteiger charge is 2.00. The molecule has 1 N–H and O–H groups in total. The third kappa shape index (κ3) is 4.67. The number of hydrogen-bond acceptors (Lipinski definition) is 3. The summed E-state index contributed by atoms with van der Waals surface area (Å²) < 4.78 is 5.87. The molecule has 0 saturated carbocycles. The monoisotopic (exact) mass is 318 g/mol. The lowest BCUT2D eigenvalue weighted by atomic mass is 10.1. The summed E-state index contributed by atoms with van der Waals surface area (Å²) in [5.41, 5.74) is 4.96. The maximum atomic E-state index is 5.87. The Bertz CT molecular complexity index is 754. The van der Waals surface area contributed by atoms with Crippen LogP contribution in [0.4, 0.5) is 0 Å². The van der Waals surface area contributed by atoms with Gasteiger partial charge in [0.25, 0.3) is 0 Å². The molecule has 0 aliphatic rings. The topological polar surface area (TPSA) is 34.1 Å². The van der Waals surface area contributed by atoms with Crippen LogP contribution in [0.2, 0.25) is 0 Å². The van der Waals surface area contributed by atoms with Crippen molar-refractivity contribution in [3.8, 4) is 5.75 Å². The predicted octanol–water partition coefficient (Wildman–Crippen LogP) is 4.26. The summed E-state index contributed by atoms with van der Waals surface area (Å²) >= 11 is 0. The number of nitrogens with zero attached hydrogens (tertiary/aromatic N) is 1. The van der Waals surface area contributed by atoms with E-state index < -0.39 is 0 Å². The van der Waals surface area contributed by atoms with E-state index in [9.17, 15) is 0 Å². The second-order valence-corrected chi connectivity index (χ2v) is 5.82. The van der Waals surface area contributed by atoms with Crippen molar-refractivity contribution in [3.63, 3.8) is 0 Å². The SMILES string of the molecule is Cc1ccccc1COc1ccc(CNCc2ccncc2)cc1. The molecule has 0 aliphatic heterocycles. The molecule has 0 radical (unpaired) electrons. The van der Waals surface area contributed by atoms with E-state index in [1.54, 1.807) is 0 Å². The van der Waals surface area contributed by atoms with Gasteiger partial charge in [-0.05, 0) is 53.4 Å². The fourth-order valence-electron chi connectivity index (χ4n) is 2.49. The Morgan fingerprint density at radius 3 is 2.21 bits per heavy atom. The zero-order valence-corrected chi connectivity index (χ0v) is 13.9. The van der Waals surface area contributed by atoms with Crippen molar-refractivity contribution in [2.24, 2.45) is 0 Å². The van der Waals surface area contributed by atoms with Crippen LogP contribution < -0.4 is 10.1 Å². The van der Waals surface area contributed by atoms with Crippen LogP contribution in [0.15, 0.2) is 73.1 Å². The van der Waals surface area contributed by atoms with E-state index in [1.807, 2.05) is 48.8 Å². The van der Waals surface area contributed by atoms with Gasteiger partial charge in [-0.3, -0.25) is 4.98 Å². The summed E-state index contributed by atoms with van der Waals surface area (Å²) in [4.78, 5) is 4.02. The molecule has 0 aliphatic carbocycles. The lowest BCUT2D eigenvalue weighted by Crippen LogP contribution is -2.12. The van der Waals surface area contributed by atoms with Gasteiger partial charge < -0.3 is 10.1 Å². The first kappa shape index (κ1) is 16.2. The molecule has 2 aromatic carbocycles. The molecule has 0 fully saturated rings. The van der Waals surface area contributed by atoms with Crippen LogP contribution in [0.3, 0.4) is 0 Å². The minimum absolute atomic E-state index is 0.603. The van der Waals surface area contributed by atoms with E-state index in [4.69, 9.17) is 4.74 Å². The highest BCUT2D eigenvalue weighted by molar-refractivity contribution is 5.29. The van der Waals surface area contributed by atoms with E-state index in [-0.39, 0.29) is 0 Å². The van der Waals surface area contributed by atoms with Gasteiger partial charge in [-0.15, -0.1) is 0 Å². The molecule has 3 nitrogen and oxygen atoms in total. The van der Waals surface area contributed by atoms with Crippen molar-refractivity contribution in [2.45, 2.75) is 26.6 Å². The smallest absolute Gasteiger partial charge is 0.119 e. The van der Waals surface area contributed by atoms with Gasteiger partial charge >= 0.3 is 0 Å². The highest BCUT2D eigenvalue weighted by Crippen LogP contribution is 2.16. The molecule has 122 valence electrons. The number of rotatable bonds is 7. The van der Waals surface area contributed by atoms with Crippen molar-refractivity contribution in [2.75, 3.05) is 0 Å². The molecule has 3 rings (SSSR count). The van der Waals surface area contributed by atoms with Crippen molar-refractivity contribution in [1.29, 1.82) is 0 Å². The number of benzene rings is 2. The molecule has 1 heterocycles. The summed E-state index contributed by atoms with van der Waals surface area (Å²) in [5.74, 6) is 0.899. The molecule has 3 aromatic rings. The van der Waals surface area contributed by atoms with Gasteiger partial charge in [0.05, 0.1) is 0 Å². The molecular formula is C21H22N2O. The minimum Gasteiger partial charge on any atom is -0.489 e. The van der Waals surface area contributed by atoms with E-state index in [0.717, 1.165) is 18.8 Å². The summed E-state index contributed by atoms with van der Waals surface area (Å²) in [5, 5.41) is 3.43. The minimum atomic E-state index is 0.603. The average molecular weight is 318 g/mol. The Balaban J connectivity index is 1.47. The van der Waals surface area contributed by atoms with Crippen LogP contribution >= 0.6 is 0 Å². The summed E-state index contributed by atoms with van der Waals surface area (Å²) in [6, 6.07) is 20.6. The maximum Gasteiger partial charge on any atom is 0.119 e. The van der Waals surface area contributed by atoms with Gasteiger partial charge in [0.1, 0.15) is 12.4 Å². The van der Waals surface area contributed by atoms with E-state index in [0.29, 0.717) is 6.61 Å². The van der Waals surface area contributed by atoms with Gasteiger partial charge in [-0.25, -0.2) is 0 Å². The lowest BCUT2D eigenvalue weighted by molar-refractivity contribution is 0.305. The zero-order chi connectivity index (χ0) is 16.6. The molecule has 0 bridgehead atoms. The Morgan fingerprint density at radius 2 is 1.50 bits per heavy atom. The highest BCUT2D eigenvalue weighted by atomic mass is 16.5. The predicted molar refractivity (Wildman–Crippen MR) is 96.7 cm³/mol. The first-order valence-corrected chi connectivity index (χ1v) is 8.17. The number of hydrogen-bond donors (Lipinski definition) is 1. The number of nitrogens with one attached hydrogen (secondary N) is 1. The largest absolute Gasteiger partial charge is 0.489 e. The van der Waals surface area contributed by atoms with Crippen LogP contribution in [-0.2, 0) is 19.7 Å². The van der Waals surface area contributed by atoms with E-state index in [1.165, 1.54) is 22.3 Å². The van der Waals surface area contributed by atoms with Crippen molar-refractivity contribution < 1.29 is 4.74 Å². The summed E-state index contributed by atoms with van der Waals surface area (Å²) in [6.07, 6.45) is 3.63. The molecule has 0 saturated heterocycles. The van der Waals surface area contributed by atoms with Gasteiger partial charge in [0.15, 0.2) is 0 Å². The fraction of sp³-hybridized carbons (Fsp3) is 0.190. The Labute approximate surface area is 143 Å². The third-order valence-corrected chi connectivity index (χ3v) is 3.99. The third-order valence-electron chi connectivity index (χ3n) is 3.99. The lowest BCUT2D eigenvalue weighted by Gasteiger charge is -2.10. The maximum absolute atomic E-state index is 5.87. The Kier molecular flexibility index (Phi) is 5.59. The normalized spacial score (nSPS) is 10.5. The van der Waals surface area contributed by atoms with Gasteiger partial charge in [-0.1, -0.05) is 36.4 Å². The average Bonchev–Trinajstić information content (AvgIpc) is 2.63. The van der Waals surface area contributed by atoms with Crippen LogP contribution in [0, 0.1) is 6.92 Å². The van der Waals surface area contributed by atoms with Gasteiger partial charge in [-0.2, -0.15) is 0 Å². The first-order valence-electron chi connectivity index (χ1n) is 8.17. The molecule has 0 atom stereocenters. The van der Waals surface area contributed by atoms with E-state index in [2.05, 4.69) is 41.5 Å². The summed E-state index contributed by atoms with van der Waals surface area (Å²) in [6.45, 7) is 4.39. The van der Waals surface area contributed by atoms with Crippen molar-refractivity contribution in [3.05, 3.63) is 95.3 Å². The second-order valence-electron chi connectivity index (χ2n) is 5.82. The standard InChI is InChI=1S/C21H22N2O/c1-17-4-2-3-5-20(17)16-24-21-8-6-18(7-9-21)14-23-15-19-10-12-22-13-11-19/h2-13,23H,14-16H2,1H3. The molecule has 0 unspecified atom stereocenters. The number of pyridine rings is 1. The number of aryl methyl sites for hydroxylation is 1. The molecule has 3 heteroatoms. The van der Waals surface area contributed by atoms with Crippen LogP contribution in [0.5, 0.6) is 5.75 Å². The molecular weight excluding hydrogens is 296 g/mol. The second kappa shape index (κ2) is 8.27. The van der Waals surface area contributed by atoms with Gasteiger partial charge in [0, 0.05) is 25.5 Å². The molecule has 1 aromatic heterocycles. The zero-order valence-electron chi connectivity index (χ0n) is 13.9. The molecule has 24 heavy (non-hydrogen) atoms. The Morgan fingerprint density at radius 1 is 0.833 bits per heavy atom.